The van der Waals surface area contributed by atoms with Crippen LogP contribution in [0.2, 0.25) is 0 Å². The van der Waals surface area contributed by atoms with E-state index in [1.807, 2.05) is 24.3 Å². The van der Waals surface area contributed by atoms with E-state index in [9.17, 15) is 8.42 Å². The molecule has 1 aromatic rings. The molecule has 96 valence electrons. The van der Waals surface area contributed by atoms with Crippen LogP contribution in [-0.2, 0) is 14.6 Å². The third-order valence-electron chi connectivity index (χ3n) is 3.46. The predicted molar refractivity (Wildman–Crippen MR) is 71.8 cm³/mol. The van der Waals surface area contributed by atoms with E-state index in [4.69, 9.17) is 5.73 Å². The van der Waals surface area contributed by atoms with Gasteiger partial charge < -0.3 is 5.73 Å². The zero-order valence-corrected chi connectivity index (χ0v) is 11.7. The zero-order chi connectivity index (χ0) is 13.3. The molecular formula is C13H21NO2S. The van der Waals surface area contributed by atoms with Gasteiger partial charge in [0, 0.05) is 6.26 Å². The van der Waals surface area contributed by atoms with Gasteiger partial charge in [-0.3, -0.25) is 0 Å². The third kappa shape index (κ3) is 2.87. The summed E-state index contributed by atoms with van der Waals surface area (Å²) in [6, 6.07) is 7.67. The summed E-state index contributed by atoms with van der Waals surface area (Å²) in [6.07, 6.45) is 1.27. The molecule has 0 aliphatic heterocycles. The van der Waals surface area contributed by atoms with Crippen molar-refractivity contribution >= 4 is 9.84 Å². The van der Waals surface area contributed by atoms with Gasteiger partial charge in [0.15, 0.2) is 9.84 Å². The highest BCUT2D eigenvalue weighted by molar-refractivity contribution is 7.91. The first-order valence-electron chi connectivity index (χ1n) is 5.70. The van der Waals surface area contributed by atoms with Crippen molar-refractivity contribution in [3.8, 4) is 0 Å². The van der Waals surface area contributed by atoms with Gasteiger partial charge in [0.1, 0.15) is 0 Å². The molecule has 2 N–H and O–H groups in total. The van der Waals surface area contributed by atoms with Gasteiger partial charge >= 0.3 is 0 Å². The van der Waals surface area contributed by atoms with Gasteiger partial charge in [-0.25, -0.2) is 8.42 Å². The van der Waals surface area contributed by atoms with Crippen LogP contribution >= 0.6 is 0 Å². The number of nitrogens with two attached hydrogens (primary N) is 1. The summed E-state index contributed by atoms with van der Waals surface area (Å²) >= 11 is 0. The Morgan fingerprint density at radius 3 is 2.06 bits per heavy atom. The maximum absolute atomic E-state index is 11.7. The monoisotopic (exact) mass is 255 g/mol. The molecule has 0 saturated heterocycles. The third-order valence-corrected chi connectivity index (χ3v) is 5.55. The Bertz CT molecular complexity index is 475. The van der Waals surface area contributed by atoms with Crippen LogP contribution in [0.4, 0.5) is 0 Å². The Morgan fingerprint density at radius 2 is 1.71 bits per heavy atom. The largest absolute Gasteiger partial charge is 0.330 e. The average molecular weight is 255 g/mol. The quantitative estimate of drug-likeness (QED) is 0.895. The van der Waals surface area contributed by atoms with Gasteiger partial charge in [-0.05, 0) is 37.4 Å². The minimum Gasteiger partial charge on any atom is -0.330 e. The second kappa shape index (κ2) is 4.78. The fraction of sp³-hybridized carbons (Fsp3) is 0.538. The van der Waals surface area contributed by atoms with E-state index in [0.29, 0.717) is 12.5 Å². The maximum Gasteiger partial charge on any atom is 0.156 e. The van der Waals surface area contributed by atoms with Crippen molar-refractivity contribution in [3.05, 3.63) is 35.4 Å². The molecule has 17 heavy (non-hydrogen) atoms. The highest BCUT2D eigenvalue weighted by atomic mass is 32.2. The zero-order valence-electron chi connectivity index (χ0n) is 10.9. The van der Waals surface area contributed by atoms with Crippen LogP contribution in [0.25, 0.3) is 0 Å². The van der Waals surface area contributed by atoms with Crippen molar-refractivity contribution in [2.75, 3.05) is 12.8 Å². The summed E-state index contributed by atoms with van der Waals surface area (Å²) in [4.78, 5) is 0. The number of benzene rings is 1. The van der Waals surface area contributed by atoms with Crippen LogP contribution in [0.3, 0.4) is 0 Å². The smallest absolute Gasteiger partial charge is 0.156 e. The second-order valence-corrected chi connectivity index (χ2v) is 7.61. The van der Waals surface area contributed by atoms with E-state index in [-0.39, 0.29) is 0 Å². The molecule has 1 atom stereocenters. The molecule has 3 nitrogen and oxygen atoms in total. The lowest BCUT2D eigenvalue weighted by Gasteiger charge is -2.23. The highest BCUT2D eigenvalue weighted by Crippen LogP contribution is 2.29. The van der Waals surface area contributed by atoms with Crippen molar-refractivity contribution in [2.45, 2.75) is 31.4 Å². The van der Waals surface area contributed by atoms with E-state index in [1.54, 1.807) is 13.8 Å². The van der Waals surface area contributed by atoms with Gasteiger partial charge in [-0.2, -0.15) is 0 Å². The molecule has 0 bridgehead atoms. The molecule has 0 amide bonds. The van der Waals surface area contributed by atoms with Crippen molar-refractivity contribution in [3.63, 3.8) is 0 Å². The summed E-state index contributed by atoms with van der Waals surface area (Å²) in [7, 11) is -3.12. The topological polar surface area (TPSA) is 60.2 Å². The van der Waals surface area contributed by atoms with Gasteiger partial charge in [-0.1, -0.05) is 31.2 Å². The van der Waals surface area contributed by atoms with Crippen molar-refractivity contribution < 1.29 is 8.42 Å². The number of hydrogen-bond donors (Lipinski definition) is 1. The van der Waals surface area contributed by atoms with Crippen molar-refractivity contribution in [2.24, 2.45) is 5.73 Å². The Kier molecular flexibility index (Phi) is 3.99. The van der Waals surface area contributed by atoms with E-state index >= 15 is 0 Å². The predicted octanol–water partition coefficient (Wildman–Crippen LogP) is 2.03. The van der Waals surface area contributed by atoms with Crippen LogP contribution in [0, 0.1) is 0 Å². The molecule has 0 heterocycles. The van der Waals surface area contributed by atoms with E-state index in [1.165, 1.54) is 6.26 Å². The Morgan fingerprint density at radius 1 is 1.24 bits per heavy atom. The molecule has 1 aromatic carbocycles. The molecule has 4 heteroatoms. The standard InChI is InChI=1S/C13H21NO2S/c1-10(9-14)11-5-7-12(8-6-11)13(2,3)17(4,15)16/h5-8,10H,9,14H2,1-4H3. The molecule has 0 aliphatic carbocycles. The van der Waals surface area contributed by atoms with Gasteiger partial charge in [0.05, 0.1) is 4.75 Å². The van der Waals surface area contributed by atoms with Crippen LogP contribution in [0.5, 0.6) is 0 Å². The Balaban J connectivity index is 3.12. The van der Waals surface area contributed by atoms with E-state index in [0.717, 1.165) is 11.1 Å². The fourth-order valence-electron chi connectivity index (χ4n) is 1.56. The molecule has 0 spiro atoms. The molecule has 0 saturated carbocycles. The molecule has 0 radical (unpaired) electrons. The summed E-state index contributed by atoms with van der Waals surface area (Å²) in [5.74, 6) is 0.297. The maximum atomic E-state index is 11.7. The summed E-state index contributed by atoms with van der Waals surface area (Å²) in [6.45, 7) is 6.10. The minimum absolute atomic E-state index is 0.297. The molecule has 0 aliphatic rings. The fourth-order valence-corrected chi connectivity index (χ4v) is 2.13. The summed E-state index contributed by atoms with van der Waals surface area (Å²) < 4.78 is 22.6. The molecule has 1 unspecified atom stereocenters. The van der Waals surface area contributed by atoms with Crippen LogP contribution < -0.4 is 5.73 Å². The SMILES string of the molecule is CC(CN)c1ccc(C(C)(C)S(C)(=O)=O)cc1. The first-order valence-corrected chi connectivity index (χ1v) is 7.59. The lowest BCUT2D eigenvalue weighted by molar-refractivity contribution is 0.561. The summed E-state index contributed by atoms with van der Waals surface area (Å²) in [5, 5.41) is 0. The molecule has 0 fully saturated rings. The van der Waals surface area contributed by atoms with Crippen molar-refractivity contribution in [1.29, 1.82) is 0 Å². The van der Waals surface area contributed by atoms with Gasteiger partial charge in [-0.15, -0.1) is 0 Å². The molecular weight excluding hydrogens is 234 g/mol. The summed E-state index contributed by atoms with van der Waals surface area (Å²) in [5.41, 5.74) is 7.55. The lowest BCUT2D eigenvalue weighted by Crippen LogP contribution is -2.28. The number of sulfone groups is 1. The number of hydrogen-bond acceptors (Lipinski definition) is 3. The average Bonchev–Trinajstić information content (AvgIpc) is 2.26. The first kappa shape index (κ1) is 14.2. The van der Waals surface area contributed by atoms with E-state index < -0.39 is 14.6 Å². The normalized spacial score (nSPS) is 14.6. The molecule has 1 rings (SSSR count). The van der Waals surface area contributed by atoms with E-state index in [2.05, 4.69) is 6.92 Å². The van der Waals surface area contributed by atoms with Gasteiger partial charge in [0.25, 0.3) is 0 Å². The second-order valence-electron chi connectivity index (χ2n) is 5.04. The van der Waals surface area contributed by atoms with Gasteiger partial charge in [0.2, 0.25) is 0 Å². The Hall–Kier alpha value is -0.870. The lowest BCUT2D eigenvalue weighted by atomic mass is 9.96. The first-order chi connectivity index (χ1) is 7.70. The van der Waals surface area contributed by atoms with Crippen LogP contribution in [0.15, 0.2) is 24.3 Å². The Labute approximate surface area is 104 Å². The number of rotatable bonds is 4. The molecule has 0 aromatic heterocycles. The highest BCUT2D eigenvalue weighted by Gasteiger charge is 2.31. The van der Waals surface area contributed by atoms with Crippen LogP contribution in [-0.4, -0.2) is 21.2 Å². The van der Waals surface area contributed by atoms with Crippen molar-refractivity contribution in [1.82, 2.24) is 0 Å². The van der Waals surface area contributed by atoms with Crippen LogP contribution in [0.1, 0.15) is 37.8 Å². The minimum atomic E-state index is -3.12.